The van der Waals surface area contributed by atoms with Gasteiger partial charge in [-0.25, -0.2) is 19.6 Å². The molecule has 2 heterocycles. The molecule has 0 aliphatic carbocycles. The Morgan fingerprint density at radius 2 is 0.836 bits per heavy atom. The van der Waals surface area contributed by atoms with Crippen LogP contribution in [0, 0.1) is 0 Å². The summed E-state index contributed by atoms with van der Waals surface area (Å²) in [6.45, 7) is 0. The van der Waals surface area contributed by atoms with Crippen LogP contribution in [0.15, 0.2) is 200 Å². The molecule has 0 unspecified atom stereocenters. The average Bonchev–Trinajstić information content (AvgIpc) is 3.69. The van der Waals surface area contributed by atoms with Gasteiger partial charge in [0, 0.05) is 33.0 Å². The Kier molecular flexibility index (Phi) is 8.08. The third-order valence-corrected chi connectivity index (χ3v) is 10.1. The number of hydrogen-bond acceptors (Lipinski definition) is 4. The Morgan fingerprint density at radius 1 is 0.327 bits per heavy atom. The fourth-order valence-corrected chi connectivity index (χ4v) is 7.47. The number of rotatable bonds is 7. The van der Waals surface area contributed by atoms with E-state index in [0.717, 1.165) is 77.6 Å². The van der Waals surface area contributed by atoms with Crippen LogP contribution in [0.5, 0.6) is 0 Å². The zero-order chi connectivity index (χ0) is 36.6. The summed E-state index contributed by atoms with van der Waals surface area (Å²) in [5.41, 5.74) is 11.2. The molecule has 258 valence electrons. The van der Waals surface area contributed by atoms with Crippen LogP contribution in [-0.4, -0.2) is 24.7 Å². The molecule has 0 aliphatic rings. The van der Waals surface area contributed by atoms with Gasteiger partial charge in [-0.2, -0.15) is 5.10 Å². The SMILES string of the molecule is c1ccc(-c2cccc(-c3nc(-c4ccccc4)nc(-c4cccc5c4cc(-c4ccccc4)c4c(-c6ccccc6)nn(-c6ccccc6)c45)n3)c2)cc1. The van der Waals surface area contributed by atoms with Crippen molar-refractivity contribution in [3.8, 4) is 73.4 Å². The van der Waals surface area contributed by atoms with E-state index in [1.807, 2.05) is 48.5 Å². The van der Waals surface area contributed by atoms with Gasteiger partial charge in [-0.15, -0.1) is 0 Å². The first-order valence-electron chi connectivity index (χ1n) is 18.4. The summed E-state index contributed by atoms with van der Waals surface area (Å²) in [6.07, 6.45) is 0. The Morgan fingerprint density at radius 3 is 1.51 bits per heavy atom. The third kappa shape index (κ3) is 5.94. The molecule has 55 heavy (non-hydrogen) atoms. The number of hydrogen-bond donors (Lipinski definition) is 0. The molecule has 0 radical (unpaired) electrons. The van der Waals surface area contributed by atoms with Crippen LogP contribution in [0.4, 0.5) is 0 Å². The number of fused-ring (bicyclic) bond motifs is 3. The number of para-hydroxylation sites is 1. The highest BCUT2D eigenvalue weighted by Gasteiger charge is 2.23. The van der Waals surface area contributed by atoms with Gasteiger partial charge in [0.25, 0.3) is 0 Å². The minimum absolute atomic E-state index is 0.604. The molecule has 0 aliphatic heterocycles. The first-order chi connectivity index (χ1) is 27.3. The summed E-state index contributed by atoms with van der Waals surface area (Å²) < 4.78 is 2.10. The Hall–Kier alpha value is -7.50. The second kappa shape index (κ2) is 13.8. The van der Waals surface area contributed by atoms with E-state index in [4.69, 9.17) is 20.1 Å². The number of nitrogens with zero attached hydrogens (tertiary/aromatic N) is 5. The minimum atomic E-state index is 0.604. The predicted molar refractivity (Wildman–Crippen MR) is 225 cm³/mol. The first-order valence-corrected chi connectivity index (χ1v) is 18.4. The first kappa shape index (κ1) is 32.2. The Bertz CT molecular complexity index is 2940. The molecule has 10 rings (SSSR count). The molecule has 0 bridgehead atoms. The average molecular weight is 704 g/mol. The van der Waals surface area contributed by atoms with E-state index in [-0.39, 0.29) is 0 Å². The molecule has 0 fully saturated rings. The predicted octanol–water partition coefficient (Wildman–Crippen LogP) is 12.4. The molecule has 0 saturated carbocycles. The van der Waals surface area contributed by atoms with Gasteiger partial charge in [0.2, 0.25) is 0 Å². The maximum atomic E-state index is 5.38. The molecule has 0 saturated heterocycles. The Balaban J connectivity index is 1.28. The smallest absolute Gasteiger partial charge is 0.164 e. The zero-order valence-electron chi connectivity index (χ0n) is 29.8. The summed E-state index contributed by atoms with van der Waals surface area (Å²) in [5.74, 6) is 1.84. The molecule has 0 atom stereocenters. The van der Waals surface area contributed by atoms with Crippen molar-refractivity contribution in [1.29, 1.82) is 0 Å². The van der Waals surface area contributed by atoms with Crippen molar-refractivity contribution in [2.75, 3.05) is 0 Å². The largest absolute Gasteiger partial charge is 0.232 e. The van der Waals surface area contributed by atoms with Gasteiger partial charge in [0.05, 0.1) is 11.2 Å². The van der Waals surface area contributed by atoms with Crippen LogP contribution < -0.4 is 0 Å². The highest BCUT2D eigenvalue weighted by Crippen LogP contribution is 2.44. The van der Waals surface area contributed by atoms with Gasteiger partial charge in [0.15, 0.2) is 17.5 Å². The van der Waals surface area contributed by atoms with Crippen LogP contribution in [0.3, 0.4) is 0 Å². The van der Waals surface area contributed by atoms with E-state index in [1.54, 1.807) is 0 Å². The summed E-state index contributed by atoms with van der Waals surface area (Å²) in [6, 6.07) is 69.1. The van der Waals surface area contributed by atoms with Gasteiger partial charge in [-0.05, 0) is 51.9 Å². The highest BCUT2D eigenvalue weighted by atomic mass is 15.3. The van der Waals surface area contributed by atoms with Crippen LogP contribution in [0.1, 0.15) is 0 Å². The van der Waals surface area contributed by atoms with Crippen LogP contribution >= 0.6 is 0 Å². The normalized spacial score (nSPS) is 11.3. The van der Waals surface area contributed by atoms with E-state index in [9.17, 15) is 0 Å². The molecular formula is C50H33N5. The lowest BCUT2D eigenvalue weighted by Crippen LogP contribution is -2.01. The molecule has 5 nitrogen and oxygen atoms in total. The standard InChI is InChI=1S/C50H33N5/c1-6-18-34(19-7-1)38-26-16-27-39(32-38)49-51-48(37-24-12-4-13-25-37)52-50(53-49)42-31-17-30-41-44(42)33-43(35-20-8-2-9-21-35)45-46(36-22-10-3-11-23-36)54-55(47(41)45)40-28-14-5-15-29-40/h1-33H. The van der Waals surface area contributed by atoms with Crippen molar-refractivity contribution in [1.82, 2.24) is 24.7 Å². The third-order valence-electron chi connectivity index (χ3n) is 10.1. The van der Waals surface area contributed by atoms with E-state index in [0.29, 0.717) is 17.5 Å². The Labute approximate surface area is 318 Å². The monoisotopic (exact) mass is 703 g/mol. The van der Waals surface area contributed by atoms with Crippen molar-refractivity contribution < 1.29 is 0 Å². The van der Waals surface area contributed by atoms with Gasteiger partial charge >= 0.3 is 0 Å². The molecule has 2 aromatic heterocycles. The molecule has 8 aromatic carbocycles. The van der Waals surface area contributed by atoms with Crippen LogP contribution in [0.2, 0.25) is 0 Å². The molecular weight excluding hydrogens is 671 g/mol. The summed E-state index contributed by atoms with van der Waals surface area (Å²) in [4.78, 5) is 15.5. The molecule has 0 N–H and O–H groups in total. The van der Waals surface area contributed by atoms with Crippen LogP contribution in [-0.2, 0) is 0 Å². The highest BCUT2D eigenvalue weighted by molar-refractivity contribution is 6.19. The van der Waals surface area contributed by atoms with Crippen molar-refractivity contribution in [2.24, 2.45) is 0 Å². The van der Waals surface area contributed by atoms with Crippen molar-refractivity contribution >= 4 is 21.7 Å². The van der Waals surface area contributed by atoms with Gasteiger partial charge in [0.1, 0.15) is 5.69 Å². The van der Waals surface area contributed by atoms with Gasteiger partial charge in [-0.1, -0.05) is 176 Å². The number of benzene rings is 8. The topological polar surface area (TPSA) is 56.5 Å². The summed E-state index contributed by atoms with van der Waals surface area (Å²) in [7, 11) is 0. The lowest BCUT2D eigenvalue weighted by molar-refractivity contribution is 0.918. The lowest BCUT2D eigenvalue weighted by atomic mass is 9.92. The van der Waals surface area contributed by atoms with Crippen molar-refractivity contribution in [3.05, 3.63) is 200 Å². The molecule has 5 heteroatoms. The molecule has 10 aromatic rings. The maximum absolute atomic E-state index is 5.38. The van der Waals surface area contributed by atoms with Gasteiger partial charge in [-0.3, -0.25) is 0 Å². The zero-order valence-corrected chi connectivity index (χ0v) is 29.8. The van der Waals surface area contributed by atoms with Crippen molar-refractivity contribution in [3.63, 3.8) is 0 Å². The second-order valence-electron chi connectivity index (χ2n) is 13.5. The molecule has 0 amide bonds. The van der Waals surface area contributed by atoms with Crippen LogP contribution in [0.25, 0.3) is 95.0 Å². The van der Waals surface area contributed by atoms with Gasteiger partial charge < -0.3 is 0 Å². The van der Waals surface area contributed by atoms with Crippen molar-refractivity contribution in [2.45, 2.75) is 0 Å². The number of aromatic nitrogens is 5. The van der Waals surface area contributed by atoms with E-state index in [1.165, 1.54) is 0 Å². The quantitative estimate of drug-likeness (QED) is 0.166. The fraction of sp³-hybridized carbons (Fsp3) is 0. The summed E-state index contributed by atoms with van der Waals surface area (Å²) in [5, 5.41) is 8.56. The van der Waals surface area contributed by atoms with E-state index in [2.05, 4.69) is 156 Å². The summed E-state index contributed by atoms with van der Waals surface area (Å²) >= 11 is 0. The van der Waals surface area contributed by atoms with E-state index < -0.39 is 0 Å². The second-order valence-corrected chi connectivity index (χ2v) is 13.5. The minimum Gasteiger partial charge on any atom is -0.232 e. The molecule has 0 spiro atoms. The maximum Gasteiger partial charge on any atom is 0.164 e. The van der Waals surface area contributed by atoms with E-state index >= 15 is 0 Å². The fourth-order valence-electron chi connectivity index (χ4n) is 7.47. The lowest BCUT2D eigenvalue weighted by Gasteiger charge is -2.14.